The Kier molecular flexibility index (Phi) is 4.41. The first kappa shape index (κ1) is 17.7. The number of furan rings is 1. The fourth-order valence-corrected chi connectivity index (χ4v) is 3.59. The number of carbonyl (C=O) groups is 1. The first-order valence-electron chi connectivity index (χ1n) is 9.40. The number of hydrogen-bond donors (Lipinski definition) is 0. The third kappa shape index (κ3) is 3.43. The molecule has 0 N–H and O–H groups in total. The Bertz CT molecular complexity index is 1090. The van der Waals surface area contributed by atoms with Crippen LogP contribution in [-0.4, -0.2) is 24.0 Å². The van der Waals surface area contributed by atoms with Crippen molar-refractivity contribution in [2.75, 3.05) is 13.3 Å². The molecule has 146 valence electrons. The molecule has 2 aromatic carbocycles. The number of nitrogens with zero attached hydrogens (tertiary/aromatic N) is 1. The molecule has 0 saturated heterocycles. The van der Waals surface area contributed by atoms with Gasteiger partial charge in [0.1, 0.15) is 29.8 Å². The van der Waals surface area contributed by atoms with Gasteiger partial charge < -0.3 is 13.9 Å². The van der Waals surface area contributed by atoms with Gasteiger partial charge in [0, 0.05) is 19.2 Å². The van der Waals surface area contributed by atoms with Gasteiger partial charge in [-0.05, 0) is 48.4 Å². The summed E-state index contributed by atoms with van der Waals surface area (Å²) in [4.78, 5) is 14.8. The molecular weight excluding hydrogens is 373 g/mol. The number of ketones is 1. The average molecular weight is 391 g/mol. The first-order valence-corrected chi connectivity index (χ1v) is 9.40. The average Bonchev–Trinajstić information content (AvgIpc) is 3.36. The Morgan fingerprint density at radius 2 is 1.97 bits per heavy atom. The molecule has 0 amide bonds. The SMILES string of the molecule is O=C1/C(=C/c2ccco2)Oc2c1ccc1c2CN(CCc2ccc(F)cc2)CO1. The van der Waals surface area contributed by atoms with Crippen LogP contribution in [0.4, 0.5) is 4.39 Å². The molecule has 0 spiro atoms. The van der Waals surface area contributed by atoms with Gasteiger partial charge in [-0.2, -0.15) is 0 Å². The van der Waals surface area contributed by atoms with E-state index in [1.807, 2.05) is 6.07 Å². The highest BCUT2D eigenvalue weighted by Crippen LogP contribution is 2.42. The molecule has 0 aliphatic carbocycles. The van der Waals surface area contributed by atoms with Crippen LogP contribution >= 0.6 is 0 Å². The second kappa shape index (κ2) is 7.22. The minimum atomic E-state index is -0.236. The van der Waals surface area contributed by atoms with Gasteiger partial charge in [0.15, 0.2) is 5.76 Å². The molecule has 29 heavy (non-hydrogen) atoms. The van der Waals surface area contributed by atoms with E-state index in [1.165, 1.54) is 12.1 Å². The molecule has 2 aliphatic rings. The lowest BCUT2D eigenvalue weighted by Crippen LogP contribution is -2.33. The van der Waals surface area contributed by atoms with Crippen molar-refractivity contribution in [2.24, 2.45) is 0 Å². The number of rotatable bonds is 4. The highest BCUT2D eigenvalue weighted by molar-refractivity contribution is 6.14. The van der Waals surface area contributed by atoms with E-state index in [9.17, 15) is 9.18 Å². The summed E-state index contributed by atoms with van der Waals surface area (Å²) in [6.07, 6.45) is 3.93. The lowest BCUT2D eigenvalue weighted by atomic mass is 10.0. The molecule has 5 rings (SSSR count). The highest BCUT2D eigenvalue weighted by atomic mass is 19.1. The maximum Gasteiger partial charge on any atom is 0.232 e. The third-order valence-electron chi connectivity index (χ3n) is 5.13. The van der Waals surface area contributed by atoms with Crippen LogP contribution in [0.1, 0.15) is 27.2 Å². The molecule has 0 saturated carbocycles. The minimum Gasteiger partial charge on any atom is -0.478 e. The molecule has 1 aromatic heterocycles. The van der Waals surface area contributed by atoms with E-state index in [4.69, 9.17) is 13.9 Å². The predicted octanol–water partition coefficient (Wildman–Crippen LogP) is 4.43. The summed E-state index contributed by atoms with van der Waals surface area (Å²) in [5.74, 6) is 1.69. The molecule has 5 nitrogen and oxygen atoms in total. The van der Waals surface area contributed by atoms with E-state index in [2.05, 4.69) is 4.90 Å². The van der Waals surface area contributed by atoms with Crippen LogP contribution in [0.15, 0.2) is 65.0 Å². The van der Waals surface area contributed by atoms with E-state index >= 15 is 0 Å². The van der Waals surface area contributed by atoms with Crippen molar-refractivity contribution in [1.29, 1.82) is 0 Å². The van der Waals surface area contributed by atoms with Crippen LogP contribution in [0.25, 0.3) is 6.08 Å². The number of fused-ring (bicyclic) bond motifs is 3. The maximum atomic E-state index is 13.1. The quantitative estimate of drug-likeness (QED) is 0.616. The monoisotopic (exact) mass is 391 g/mol. The summed E-state index contributed by atoms with van der Waals surface area (Å²) in [6.45, 7) is 1.81. The number of allylic oxidation sites excluding steroid dienone is 1. The van der Waals surface area contributed by atoms with Crippen LogP contribution < -0.4 is 9.47 Å². The largest absolute Gasteiger partial charge is 0.478 e. The predicted molar refractivity (Wildman–Crippen MR) is 104 cm³/mol. The third-order valence-corrected chi connectivity index (χ3v) is 5.13. The molecule has 3 aromatic rings. The Morgan fingerprint density at radius 3 is 2.76 bits per heavy atom. The lowest BCUT2D eigenvalue weighted by Gasteiger charge is -2.29. The van der Waals surface area contributed by atoms with Crippen molar-refractivity contribution in [3.8, 4) is 11.5 Å². The van der Waals surface area contributed by atoms with E-state index in [-0.39, 0.29) is 17.4 Å². The van der Waals surface area contributed by atoms with Crippen molar-refractivity contribution in [3.63, 3.8) is 0 Å². The Hall–Kier alpha value is -3.38. The fraction of sp³-hybridized carbons (Fsp3) is 0.174. The molecule has 0 radical (unpaired) electrons. The molecule has 6 heteroatoms. The fourth-order valence-electron chi connectivity index (χ4n) is 3.59. The highest BCUT2D eigenvalue weighted by Gasteiger charge is 2.33. The number of halogens is 1. The Labute approximate surface area is 167 Å². The van der Waals surface area contributed by atoms with Gasteiger partial charge in [0.25, 0.3) is 0 Å². The molecule has 2 aliphatic heterocycles. The van der Waals surface area contributed by atoms with Gasteiger partial charge in [-0.25, -0.2) is 4.39 Å². The van der Waals surface area contributed by atoms with Gasteiger partial charge in [-0.15, -0.1) is 0 Å². The number of carbonyl (C=O) groups excluding carboxylic acids is 1. The topological polar surface area (TPSA) is 51.9 Å². The first-order chi connectivity index (χ1) is 14.2. The van der Waals surface area contributed by atoms with Gasteiger partial charge in [0.2, 0.25) is 5.78 Å². The summed E-state index contributed by atoms with van der Waals surface area (Å²) in [6, 6.07) is 13.6. The van der Waals surface area contributed by atoms with Gasteiger partial charge in [-0.3, -0.25) is 9.69 Å². The summed E-state index contributed by atoms with van der Waals surface area (Å²) >= 11 is 0. The number of ether oxygens (including phenoxy) is 2. The molecular formula is C23H18FNO4. The van der Waals surface area contributed by atoms with Crippen LogP contribution in [-0.2, 0) is 13.0 Å². The zero-order chi connectivity index (χ0) is 19.8. The van der Waals surface area contributed by atoms with Gasteiger partial charge >= 0.3 is 0 Å². The van der Waals surface area contributed by atoms with Crippen molar-refractivity contribution >= 4 is 11.9 Å². The Morgan fingerprint density at radius 1 is 1.10 bits per heavy atom. The standard InChI is InChI=1S/C23H18FNO4/c24-16-5-3-15(4-6-16)9-10-25-13-19-20(28-14-25)8-7-18-22(26)21(29-23(18)19)12-17-2-1-11-27-17/h1-8,11-12H,9-10,13-14H2/b21-12-. The minimum absolute atomic E-state index is 0.164. The second-order valence-electron chi connectivity index (χ2n) is 7.08. The maximum absolute atomic E-state index is 13.1. The van der Waals surface area contributed by atoms with Crippen molar-refractivity contribution in [3.05, 3.63) is 88.8 Å². The summed E-state index contributed by atoms with van der Waals surface area (Å²) in [5, 5.41) is 0. The van der Waals surface area contributed by atoms with Crippen molar-refractivity contribution in [1.82, 2.24) is 4.90 Å². The molecule has 0 unspecified atom stereocenters. The molecule has 0 fully saturated rings. The Balaban J connectivity index is 1.35. The molecule has 0 atom stereocenters. The van der Waals surface area contributed by atoms with Gasteiger partial charge in [-0.1, -0.05) is 12.1 Å². The van der Waals surface area contributed by atoms with E-state index in [0.717, 1.165) is 29.8 Å². The molecule has 3 heterocycles. The zero-order valence-electron chi connectivity index (χ0n) is 15.6. The number of Topliss-reactive ketones (excluding diaryl/α,β-unsaturated/α-hetero) is 1. The normalized spacial score (nSPS) is 17.0. The van der Waals surface area contributed by atoms with Crippen LogP contribution in [0.2, 0.25) is 0 Å². The lowest BCUT2D eigenvalue weighted by molar-refractivity contribution is 0.0949. The summed E-state index contributed by atoms with van der Waals surface area (Å²) in [7, 11) is 0. The smallest absolute Gasteiger partial charge is 0.232 e. The zero-order valence-corrected chi connectivity index (χ0v) is 15.6. The van der Waals surface area contributed by atoms with Crippen molar-refractivity contribution in [2.45, 2.75) is 13.0 Å². The van der Waals surface area contributed by atoms with Crippen LogP contribution in [0.5, 0.6) is 11.5 Å². The van der Waals surface area contributed by atoms with E-state index < -0.39 is 0 Å². The van der Waals surface area contributed by atoms with E-state index in [0.29, 0.717) is 30.3 Å². The molecule has 0 bridgehead atoms. The summed E-state index contributed by atoms with van der Waals surface area (Å²) in [5.41, 5.74) is 2.46. The second-order valence-corrected chi connectivity index (χ2v) is 7.08. The number of hydrogen-bond acceptors (Lipinski definition) is 5. The van der Waals surface area contributed by atoms with Crippen LogP contribution in [0, 0.1) is 5.82 Å². The number of benzene rings is 2. The van der Waals surface area contributed by atoms with Crippen molar-refractivity contribution < 1.29 is 23.1 Å². The van der Waals surface area contributed by atoms with Crippen LogP contribution in [0.3, 0.4) is 0 Å². The van der Waals surface area contributed by atoms with Gasteiger partial charge in [0.05, 0.1) is 17.4 Å². The van der Waals surface area contributed by atoms with E-state index in [1.54, 1.807) is 42.7 Å². The summed E-state index contributed by atoms with van der Waals surface area (Å²) < 4.78 is 30.2.